The number of benzene rings is 1. The lowest BCUT2D eigenvalue weighted by Gasteiger charge is -2.28. The number of carbonyl (C=O) groups excluding carboxylic acids is 1. The van der Waals surface area contributed by atoms with Gasteiger partial charge in [0.25, 0.3) is 0 Å². The monoisotopic (exact) mass is 308 g/mol. The van der Waals surface area contributed by atoms with E-state index in [1.807, 2.05) is 18.2 Å². The van der Waals surface area contributed by atoms with E-state index in [2.05, 4.69) is 30.9 Å². The molecular weight excluding hydrogens is 284 g/mol. The van der Waals surface area contributed by atoms with Crippen LogP contribution >= 0.6 is 12.4 Å². The number of likely N-dealkylation sites (N-methyl/N-ethyl adjacent to an activating group) is 1. The molecule has 0 saturated heterocycles. The summed E-state index contributed by atoms with van der Waals surface area (Å²) in [5, 5.41) is 0. The van der Waals surface area contributed by atoms with Crippen LogP contribution < -0.4 is 5.73 Å². The number of hydrogen-bond acceptors (Lipinski definition) is 3. The van der Waals surface area contributed by atoms with Crippen molar-refractivity contribution in [2.45, 2.75) is 32.6 Å². The molecule has 0 radical (unpaired) electrons. The molecule has 0 saturated carbocycles. The molecule has 0 amide bonds. The summed E-state index contributed by atoms with van der Waals surface area (Å²) in [7, 11) is 0. The summed E-state index contributed by atoms with van der Waals surface area (Å²) in [6.07, 6.45) is 1.38. The topological polar surface area (TPSA) is 46.3 Å². The zero-order chi connectivity index (χ0) is 14.5. The largest absolute Gasteiger partial charge is 0.402 e. The minimum absolute atomic E-state index is 0. The predicted molar refractivity (Wildman–Crippen MR) is 89.7 cm³/mol. The van der Waals surface area contributed by atoms with Crippen molar-refractivity contribution in [1.82, 2.24) is 4.90 Å². The van der Waals surface area contributed by atoms with Crippen LogP contribution in [0.4, 0.5) is 0 Å². The molecule has 0 bridgehead atoms. The molecule has 3 nitrogen and oxygen atoms in total. The Labute approximate surface area is 133 Å². The maximum Gasteiger partial charge on any atom is 0.162 e. The van der Waals surface area contributed by atoms with E-state index in [9.17, 15) is 4.79 Å². The van der Waals surface area contributed by atoms with Crippen molar-refractivity contribution in [3.63, 3.8) is 0 Å². The molecule has 0 heterocycles. The maximum atomic E-state index is 12.4. The van der Waals surface area contributed by atoms with Gasteiger partial charge >= 0.3 is 0 Å². The summed E-state index contributed by atoms with van der Waals surface area (Å²) >= 11 is 0. The van der Waals surface area contributed by atoms with E-state index in [-0.39, 0.29) is 24.1 Å². The van der Waals surface area contributed by atoms with Gasteiger partial charge < -0.3 is 5.73 Å². The number of hydrogen-bond donors (Lipinski definition) is 1. The van der Waals surface area contributed by atoms with Crippen molar-refractivity contribution in [2.24, 2.45) is 5.73 Å². The number of allylic oxidation sites excluding steroid dienone is 1. The van der Waals surface area contributed by atoms with Crippen LogP contribution in [0.1, 0.15) is 38.2 Å². The first kappa shape index (κ1) is 17.7. The minimum Gasteiger partial charge on any atom is -0.402 e. The van der Waals surface area contributed by atoms with Gasteiger partial charge in [0.05, 0.1) is 0 Å². The van der Waals surface area contributed by atoms with Crippen LogP contribution in [-0.4, -0.2) is 30.3 Å². The second-order valence-corrected chi connectivity index (χ2v) is 5.40. The van der Waals surface area contributed by atoms with Gasteiger partial charge in [0.1, 0.15) is 0 Å². The van der Waals surface area contributed by atoms with Crippen molar-refractivity contribution >= 4 is 18.2 Å². The van der Waals surface area contributed by atoms with Gasteiger partial charge in [-0.05, 0) is 31.0 Å². The molecule has 1 unspecified atom stereocenters. The van der Waals surface area contributed by atoms with E-state index in [0.29, 0.717) is 13.0 Å². The molecule has 1 aromatic rings. The van der Waals surface area contributed by atoms with Gasteiger partial charge in [-0.1, -0.05) is 44.2 Å². The molecule has 2 rings (SSSR count). The van der Waals surface area contributed by atoms with Gasteiger partial charge in [0.2, 0.25) is 0 Å². The van der Waals surface area contributed by atoms with Crippen LogP contribution in [0, 0.1) is 0 Å². The van der Waals surface area contributed by atoms with Gasteiger partial charge in [-0.25, -0.2) is 0 Å². The first-order valence-corrected chi connectivity index (χ1v) is 7.43. The predicted octanol–water partition coefficient (Wildman–Crippen LogP) is 3.11. The molecule has 2 N–H and O–H groups in total. The number of Topliss-reactive ketones (excluding diaryl/α,β-unsaturated/α-hetero) is 1. The number of rotatable bonds is 5. The summed E-state index contributed by atoms with van der Waals surface area (Å²) in [6, 6.07) is 10.2. The molecule has 21 heavy (non-hydrogen) atoms. The fraction of sp³-hybridized carbons (Fsp3) is 0.471. The second-order valence-electron chi connectivity index (χ2n) is 5.40. The molecule has 1 atom stereocenters. The summed E-state index contributed by atoms with van der Waals surface area (Å²) in [4.78, 5) is 14.6. The van der Waals surface area contributed by atoms with Gasteiger partial charge in [-0.15, -0.1) is 12.4 Å². The van der Waals surface area contributed by atoms with E-state index in [1.165, 1.54) is 5.56 Å². The number of nitrogens with two attached hydrogens (primary N) is 1. The Hall–Kier alpha value is -1.32. The lowest BCUT2D eigenvalue weighted by Crippen LogP contribution is -2.32. The third-order valence-electron chi connectivity index (χ3n) is 4.17. The summed E-state index contributed by atoms with van der Waals surface area (Å²) < 4.78 is 0. The average molecular weight is 309 g/mol. The van der Waals surface area contributed by atoms with Crippen LogP contribution in [0.25, 0.3) is 0 Å². The first-order chi connectivity index (χ1) is 9.65. The fourth-order valence-electron chi connectivity index (χ4n) is 2.81. The highest BCUT2D eigenvalue weighted by molar-refractivity contribution is 5.98. The molecule has 1 aliphatic rings. The Morgan fingerprint density at radius 1 is 1.14 bits per heavy atom. The number of carbonyl (C=O) groups is 1. The second kappa shape index (κ2) is 8.20. The van der Waals surface area contributed by atoms with Crippen LogP contribution in [0.5, 0.6) is 0 Å². The summed E-state index contributed by atoms with van der Waals surface area (Å²) in [5.74, 6) is 0.457. The molecule has 116 valence electrons. The SMILES string of the molecule is CCN(CC)CC1=C(N)CC(c2ccccc2)CC1=O.Cl. The number of halogens is 1. The summed E-state index contributed by atoms with van der Waals surface area (Å²) in [5.41, 5.74) is 9.01. The van der Waals surface area contributed by atoms with Gasteiger partial charge in [-0.3, -0.25) is 9.69 Å². The number of ketones is 1. The smallest absolute Gasteiger partial charge is 0.162 e. The van der Waals surface area contributed by atoms with Crippen molar-refractivity contribution in [3.05, 3.63) is 47.2 Å². The maximum absolute atomic E-state index is 12.4. The van der Waals surface area contributed by atoms with Gasteiger partial charge in [-0.2, -0.15) is 0 Å². The van der Waals surface area contributed by atoms with E-state index >= 15 is 0 Å². The highest BCUT2D eigenvalue weighted by Crippen LogP contribution is 2.32. The highest BCUT2D eigenvalue weighted by Gasteiger charge is 2.27. The average Bonchev–Trinajstić information content (AvgIpc) is 2.47. The first-order valence-electron chi connectivity index (χ1n) is 7.43. The lowest BCUT2D eigenvalue weighted by atomic mass is 9.82. The van der Waals surface area contributed by atoms with Crippen molar-refractivity contribution < 1.29 is 4.79 Å². The van der Waals surface area contributed by atoms with Crippen molar-refractivity contribution in [1.29, 1.82) is 0 Å². The molecule has 0 fully saturated rings. The Bertz CT molecular complexity index is 495. The quantitative estimate of drug-likeness (QED) is 0.909. The minimum atomic E-state index is 0. The molecule has 4 heteroatoms. The molecule has 0 spiro atoms. The van der Waals surface area contributed by atoms with E-state index < -0.39 is 0 Å². The van der Waals surface area contributed by atoms with Crippen molar-refractivity contribution in [2.75, 3.05) is 19.6 Å². The van der Waals surface area contributed by atoms with Crippen LogP contribution in [0.3, 0.4) is 0 Å². The fourth-order valence-corrected chi connectivity index (χ4v) is 2.81. The Morgan fingerprint density at radius 3 is 2.29 bits per heavy atom. The van der Waals surface area contributed by atoms with Gasteiger partial charge in [0.15, 0.2) is 5.78 Å². The highest BCUT2D eigenvalue weighted by atomic mass is 35.5. The lowest BCUT2D eigenvalue weighted by molar-refractivity contribution is -0.116. The van der Waals surface area contributed by atoms with E-state index in [0.717, 1.165) is 30.8 Å². The van der Waals surface area contributed by atoms with Gasteiger partial charge in [0, 0.05) is 24.2 Å². The zero-order valence-corrected chi connectivity index (χ0v) is 13.7. The number of nitrogens with zero attached hydrogens (tertiary/aromatic N) is 1. The van der Waals surface area contributed by atoms with E-state index in [1.54, 1.807) is 0 Å². The van der Waals surface area contributed by atoms with Crippen molar-refractivity contribution in [3.8, 4) is 0 Å². The zero-order valence-electron chi connectivity index (χ0n) is 12.8. The van der Waals surface area contributed by atoms with Crippen LogP contribution in [0.15, 0.2) is 41.6 Å². The Morgan fingerprint density at radius 2 is 1.76 bits per heavy atom. The Kier molecular flexibility index (Phi) is 6.93. The molecule has 0 aliphatic heterocycles. The third-order valence-corrected chi connectivity index (χ3v) is 4.17. The molecule has 1 aromatic carbocycles. The molecule has 1 aliphatic carbocycles. The normalized spacial score (nSPS) is 18.8. The molecular formula is C17H25ClN2O. The Balaban J connectivity index is 0.00000220. The summed E-state index contributed by atoms with van der Waals surface area (Å²) in [6.45, 7) is 6.81. The van der Waals surface area contributed by atoms with Crippen LogP contribution in [-0.2, 0) is 4.79 Å². The third kappa shape index (κ3) is 4.32. The van der Waals surface area contributed by atoms with Crippen LogP contribution in [0.2, 0.25) is 0 Å². The standard InChI is InChI=1S/C17H24N2O.ClH/c1-3-19(4-2)12-15-16(18)10-14(11-17(15)20)13-8-6-5-7-9-13;/h5-9,14H,3-4,10-12,18H2,1-2H3;1H. The molecule has 0 aromatic heterocycles. The van der Waals surface area contributed by atoms with E-state index in [4.69, 9.17) is 5.73 Å².